The highest BCUT2D eigenvalue weighted by Crippen LogP contribution is 2.08. The quantitative estimate of drug-likeness (QED) is 0.0638. The van der Waals surface area contributed by atoms with E-state index in [1.165, 1.54) is 11.9 Å². The third-order valence-corrected chi connectivity index (χ3v) is 5.58. The maximum absolute atomic E-state index is 12.7. The van der Waals surface area contributed by atoms with E-state index in [-0.39, 0.29) is 50.5 Å². The molecule has 0 aliphatic rings. The zero-order chi connectivity index (χ0) is 27.8. The Morgan fingerprint density at radius 3 is 2.46 bits per heavy atom. The number of carbonyl (C=O) groups is 5. The van der Waals surface area contributed by atoms with Crippen molar-refractivity contribution in [2.75, 3.05) is 33.7 Å². The molecule has 0 fully saturated rings. The number of hydrogen-bond donors (Lipinski definition) is 6. The van der Waals surface area contributed by atoms with Crippen LogP contribution < -0.4 is 32.7 Å². The number of guanidine groups is 1. The van der Waals surface area contributed by atoms with Gasteiger partial charge in [-0.05, 0) is 44.0 Å². The molecule has 1 aromatic carbocycles. The standard InChI is InChI=1S/C24H38N8O5/c1-4-18(27-2)22(36)30-14-16-7-5-8-17(13-16)21(35)31-15-20(34)32(3)19(23(37)28-11-12-33)9-6-10-29-24(25)26/h5,7-8,12-13,18-19,27H,4,6,9-11,14-15H2,1-3H3,(H,28,37)(H,30,36)(H,31,35)(H4,25,26,29). The van der Waals surface area contributed by atoms with Crippen LogP contribution in [0.15, 0.2) is 29.3 Å². The SMILES string of the molecule is CCC(NC)C(=O)NCc1cccc(C(=O)NCC(=O)N(C)C(CCCN=C(N)N)C(=O)NCC=O)c1. The molecule has 4 amide bonds. The van der Waals surface area contributed by atoms with Crippen LogP contribution in [-0.4, -0.2) is 86.6 Å². The lowest BCUT2D eigenvalue weighted by Crippen LogP contribution is -2.50. The molecular weight excluding hydrogens is 480 g/mol. The minimum Gasteiger partial charge on any atom is -0.370 e. The zero-order valence-electron chi connectivity index (χ0n) is 21.6. The minimum absolute atomic E-state index is 0.0799. The predicted molar refractivity (Wildman–Crippen MR) is 139 cm³/mol. The van der Waals surface area contributed by atoms with E-state index in [0.717, 1.165) is 5.56 Å². The Balaban J connectivity index is 2.74. The van der Waals surface area contributed by atoms with Gasteiger partial charge in [0, 0.05) is 25.7 Å². The Kier molecular flexibility index (Phi) is 13.9. The first-order valence-corrected chi connectivity index (χ1v) is 12.0. The summed E-state index contributed by atoms with van der Waals surface area (Å²) in [6.07, 6.45) is 1.84. The maximum atomic E-state index is 12.7. The third kappa shape index (κ3) is 11.1. The Morgan fingerprint density at radius 1 is 1.11 bits per heavy atom. The van der Waals surface area contributed by atoms with Crippen LogP contribution in [0.3, 0.4) is 0 Å². The van der Waals surface area contributed by atoms with Gasteiger partial charge in [-0.15, -0.1) is 0 Å². The molecule has 1 aromatic rings. The van der Waals surface area contributed by atoms with Gasteiger partial charge in [0.2, 0.25) is 17.7 Å². The van der Waals surface area contributed by atoms with Crippen LogP contribution in [0.5, 0.6) is 0 Å². The van der Waals surface area contributed by atoms with E-state index < -0.39 is 23.8 Å². The number of carbonyl (C=O) groups excluding carboxylic acids is 5. The normalized spacial score (nSPS) is 12.0. The van der Waals surface area contributed by atoms with Crippen LogP contribution in [0.1, 0.15) is 42.1 Å². The van der Waals surface area contributed by atoms with E-state index >= 15 is 0 Å². The number of aldehydes is 1. The summed E-state index contributed by atoms with van der Waals surface area (Å²) in [7, 11) is 3.15. The Labute approximate surface area is 216 Å². The average molecular weight is 519 g/mol. The number of benzene rings is 1. The topological polar surface area (TPSA) is 201 Å². The fraction of sp³-hybridized carbons (Fsp3) is 0.500. The molecule has 13 heteroatoms. The number of nitrogens with zero attached hydrogens (tertiary/aromatic N) is 2. The van der Waals surface area contributed by atoms with Gasteiger partial charge >= 0.3 is 0 Å². The summed E-state index contributed by atoms with van der Waals surface area (Å²) >= 11 is 0. The van der Waals surface area contributed by atoms with Gasteiger partial charge in [-0.3, -0.25) is 24.2 Å². The van der Waals surface area contributed by atoms with Crippen molar-refractivity contribution in [3.63, 3.8) is 0 Å². The summed E-state index contributed by atoms with van der Waals surface area (Å²) in [5.74, 6) is -1.70. The van der Waals surface area contributed by atoms with Crippen molar-refractivity contribution in [3.05, 3.63) is 35.4 Å². The molecule has 0 heterocycles. The van der Waals surface area contributed by atoms with Crippen molar-refractivity contribution < 1.29 is 24.0 Å². The molecule has 1 rings (SSSR count). The van der Waals surface area contributed by atoms with E-state index in [0.29, 0.717) is 24.7 Å². The van der Waals surface area contributed by atoms with Gasteiger partial charge in [0.05, 0.1) is 19.1 Å². The zero-order valence-corrected chi connectivity index (χ0v) is 21.6. The van der Waals surface area contributed by atoms with Crippen molar-refractivity contribution >= 4 is 35.9 Å². The monoisotopic (exact) mass is 518 g/mol. The van der Waals surface area contributed by atoms with Gasteiger partial charge in [0.25, 0.3) is 5.91 Å². The smallest absolute Gasteiger partial charge is 0.251 e. The van der Waals surface area contributed by atoms with Crippen LogP contribution in [0.2, 0.25) is 0 Å². The minimum atomic E-state index is -0.880. The second-order valence-electron chi connectivity index (χ2n) is 8.23. The van der Waals surface area contributed by atoms with Crippen molar-refractivity contribution in [2.24, 2.45) is 16.5 Å². The highest BCUT2D eigenvalue weighted by molar-refractivity contribution is 5.97. The number of nitrogens with one attached hydrogen (secondary N) is 4. The number of nitrogens with two attached hydrogens (primary N) is 2. The lowest BCUT2D eigenvalue weighted by Gasteiger charge is -2.27. The summed E-state index contributed by atoms with van der Waals surface area (Å²) in [6.45, 7) is 1.88. The summed E-state index contributed by atoms with van der Waals surface area (Å²) in [4.78, 5) is 65.7. The van der Waals surface area contributed by atoms with Crippen molar-refractivity contribution in [1.82, 2.24) is 26.2 Å². The van der Waals surface area contributed by atoms with Gasteiger partial charge < -0.3 is 42.4 Å². The first-order valence-electron chi connectivity index (χ1n) is 12.0. The van der Waals surface area contributed by atoms with E-state index in [4.69, 9.17) is 11.5 Å². The average Bonchev–Trinajstić information content (AvgIpc) is 2.89. The van der Waals surface area contributed by atoms with Crippen molar-refractivity contribution in [3.8, 4) is 0 Å². The van der Waals surface area contributed by atoms with E-state index in [9.17, 15) is 24.0 Å². The van der Waals surface area contributed by atoms with Crippen LogP contribution in [-0.2, 0) is 25.7 Å². The van der Waals surface area contributed by atoms with Crippen molar-refractivity contribution in [1.29, 1.82) is 0 Å². The highest BCUT2D eigenvalue weighted by atomic mass is 16.2. The Hall–Kier alpha value is -4.00. The molecule has 8 N–H and O–H groups in total. The van der Waals surface area contributed by atoms with Crippen LogP contribution in [0, 0.1) is 0 Å². The lowest BCUT2D eigenvalue weighted by atomic mass is 10.1. The molecule has 0 spiro atoms. The third-order valence-electron chi connectivity index (χ3n) is 5.58. The molecule has 0 saturated heterocycles. The van der Waals surface area contributed by atoms with Gasteiger partial charge in [-0.1, -0.05) is 19.1 Å². The fourth-order valence-corrected chi connectivity index (χ4v) is 3.47. The lowest BCUT2D eigenvalue weighted by molar-refractivity contribution is -0.138. The first-order chi connectivity index (χ1) is 17.6. The molecule has 204 valence electrons. The summed E-state index contributed by atoms with van der Waals surface area (Å²) < 4.78 is 0. The van der Waals surface area contributed by atoms with Crippen LogP contribution in [0.25, 0.3) is 0 Å². The molecule has 2 atom stereocenters. The summed E-state index contributed by atoms with van der Waals surface area (Å²) in [5.41, 5.74) is 11.7. The number of aliphatic imine (C=N–C) groups is 1. The second kappa shape index (κ2) is 16.6. The van der Waals surface area contributed by atoms with Crippen LogP contribution >= 0.6 is 0 Å². The van der Waals surface area contributed by atoms with E-state index in [2.05, 4.69) is 26.3 Å². The van der Waals surface area contributed by atoms with Gasteiger partial charge in [-0.2, -0.15) is 0 Å². The van der Waals surface area contributed by atoms with Gasteiger partial charge in [0.15, 0.2) is 5.96 Å². The molecule has 0 aliphatic heterocycles. The van der Waals surface area contributed by atoms with Gasteiger partial charge in [0.1, 0.15) is 12.3 Å². The number of amides is 4. The predicted octanol–water partition coefficient (Wildman–Crippen LogP) is -1.77. The molecule has 0 aromatic heterocycles. The van der Waals surface area contributed by atoms with E-state index in [1.807, 2.05) is 6.92 Å². The largest absolute Gasteiger partial charge is 0.370 e. The molecular formula is C24H38N8O5. The molecule has 0 bridgehead atoms. The molecule has 0 saturated carbocycles. The first kappa shape index (κ1) is 31.0. The molecule has 13 nitrogen and oxygen atoms in total. The Bertz CT molecular complexity index is 960. The number of rotatable bonds is 16. The fourth-order valence-electron chi connectivity index (χ4n) is 3.47. The Morgan fingerprint density at radius 2 is 1.84 bits per heavy atom. The molecule has 0 aliphatic carbocycles. The summed E-state index contributed by atoms with van der Waals surface area (Å²) in [6, 6.07) is 5.51. The van der Waals surface area contributed by atoms with Gasteiger partial charge in [-0.25, -0.2) is 0 Å². The van der Waals surface area contributed by atoms with Crippen LogP contribution in [0.4, 0.5) is 0 Å². The second-order valence-corrected chi connectivity index (χ2v) is 8.23. The molecule has 37 heavy (non-hydrogen) atoms. The summed E-state index contributed by atoms with van der Waals surface area (Å²) in [5, 5.41) is 10.7. The van der Waals surface area contributed by atoms with E-state index in [1.54, 1.807) is 31.3 Å². The maximum Gasteiger partial charge on any atom is 0.251 e. The molecule has 2 unspecified atom stereocenters. The number of hydrogen-bond acceptors (Lipinski definition) is 7. The highest BCUT2D eigenvalue weighted by Gasteiger charge is 2.26. The number of likely N-dealkylation sites (N-methyl/N-ethyl adjacent to an activating group) is 2. The van der Waals surface area contributed by atoms with Crippen molar-refractivity contribution in [2.45, 2.75) is 44.8 Å². The molecule has 0 radical (unpaired) electrons.